The van der Waals surface area contributed by atoms with Crippen molar-refractivity contribution in [3.63, 3.8) is 0 Å². The molecule has 8 rings (SSSR count). The second-order valence-electron chi connectivity index (χ2n) is 9.27. The maximum absolute atomic E-state index is 4.95. The van der Waals surface area contributed by atoms with E-state index in [-0.39, 0.29) is 0 Å². The molecule has 0 aliphatic heterocycles. The summed E-state index contributed by atoms with van der Waals surface area (Å²) in [6.07, 6.45) is 3.74. The van der Waals surface area contributed by atoms with E-state index in [1.54, 1.807) is 22.7 Å². The van der Waals surface area contributed by atoms with Crippen LogP contribution in [0, 0.1) is 0 Å². The number of thiazole rings is 2. The van der Waals surface area contributed by atoms with Crippen molar-refractivity contribution in [1.82, 2.24) is 19.9 Å². The number of nitrogens with zero attached hydrogens (tertiary/aromatic N) is 4. The van der Waals surface area contributed by atoms with Gasteiger partial charge in [0.2, 0.25) is 0 Å². The Morgan fingerprint density at radius 1 is 0.447 bits per heavy atom. The summed E-state index contributed by atoms with van der Waals surface area (Å²) in [5, 5.41) is 7.47. The largest absolute Gasteiger partial charge is 0.252 e. The second kappa shape index (κ2) is 8.52. The zero-order chi connectivity index (χ0) is 25.1. The number of pyridine rings is 2. The third kappa shape index (κ3) is 3.49. The summed E-state index contributed by atoms with van der Waals surface area (Å²) < 4.78 is 0. The van der Waals surface area contributed by atoms with Crippen LogP contribution in [0.3, 0.4) is 0 Å². The fourth-order valence-corrected chi connectivity index (χ4v) is 6.47. The highest BCUT2D eigenvalue weighted by Gasteiger charge is 2.14. The fourth-order valence-electron chi connectivity index (χ4n) is 5.28. The Morgan fingerprint density at radius 2 is 0.842 bits per heavy atom. The van der Waals surface area contributed by atoms with Crippen molar-refractivity contribution in [1.29, 1.82) is 0 Å². The van der Waals surface area contributed by atoms with Crippen LogP contribution in [0.4, 0.5) is 0 Å². The number of aromatic nitrogens is 4. The lowest BCUT2D eigenvalue weighted by atomic mass is 9.90. The van der Waals surface area contributed by atoms with Crippen LogP contribution in [0.5, 0.6) is 0 Å². The normalized spacial score (nSPS) is 11.7. The van der Waals surface area contributed by atoms with Gasteiger partial charge in [0.1, 0.15) is 0 Å². The van der Waals surface area contributed by atoms with Crippen molar-refractivity contribution < 1.29 is 0 Å². The van der Waals surface area contributed by atoms with E-state index in [1.807, 2.05) is 35.5 Å². The van der Waals surface area contributed by atoms with Crippen molar-refractivity contribution in [3.05, 3.63) is 108 Å². The molecule has 4 nitrogen and oxygen atoms in total. The first kappa shape index (κ1) is 21.6. The number of benzene rings is 4. The first-order valence-corrected chi connectivity index (χ1v) is 14.0. The van der Waals surface area contributed by atoms with E-state index in [9.17, 15) is 0 Å². The lowest BCUT2D eigenvalue weighted by molar-refractivity contribution is 1.33. The Bertz CT molecular complexity index is 1860. The smallest absolute Gasteiger partial charge is 0.0825 e. The lowest BCUT2D eigenvalue weighted by Gasteiger charge is -2.14. The van der Waals surface area contributed by atoms with Gasteiger partial charge in [0.15, 0.2) is 0 Å². The van der Waals surface area contributed by atoms with Gasteiger partial charge in [0.25, 0.3) is 0 Å². The van der Waals surface area contributed by atoms with Crippen LogP contribution >= 0.6 is 22.7 Å². The highest BCUT2D eigenvalue weighted by atomic mass is 32.1. The van der Waals surface area contributed by atoms with Gasteiger partial charge < -0.3 is 0 Å². The Balaban J connectivity index is 1.27. The Hall–Kier alpha value is -4.52. The molecule has 0 radical (unpaired) electrons. The molecule has 0 amide bonds. The molecular formula is C32H18N4S2. The summed E-state index contributed by atoms with van der Waals surface area (Å²) in [5.74, 6) is 0. The maximum atomic E-state index is 4.95. The van der Waals surface area contributed by atoms with Crippen molar-refractivity contribution in [2.45, 2.75) is 0 Å². The third-order valence-corrected chi connectivity index (χ3v) is 8.58. The number of hydrogen-bond donors (Lipinski definition) is 0. The predicted molar refractivity (Wildman–Crippen MR) is 159 cm³/mol. The van der Waals surface area contributed by atoms with E-state index < -0.39 is 0 Å². The molecule has 0 aliphatic rings. The first-order chi connectivity index (χ1) is 18.8. The van der Waals surface area contributed by atoms with Crippen LogP contribution in [0.1, 0.15) is 0 Å². The molecule has 38 heavy (non-hydrogen) atoms. The molecule has 0 spiro atoms. The molecule has 0 fully saturated rings. The van der Waals surface area contributed by atoms with Gasteiger partial charge in [-0.2, -0.15) is 0 Å². The SMILES string of the molecule is c1cc(-c2cc3ccc4cc(-c5cccc(-c6cncs6)n5)cc5ccc(c2)c3c45)nc(-c2cncs2)c1. The van der Waals surface area contributed by atoms with Crippen LogP contribution in [0.2, 0.25) is 0 Å². The molecule has 4 heterocycles. The van der Waals surface area contributed by atoms with Gasteiger partial charge in [-0.15, -0.1) is 22.7 Å². The van der Waals surface area contributed by atoms with Crippen molar-refractivity contribution in [2.24, 2.45) is 0 Å². The van der Waals surface area contributed by atoms with Gasteiger partial charge in [-0.25, -0.2) is 9.97 Å². The third-order valence-electron chi connectivity index (χ3n) is 6.99. The monoisotopic (exact) mass is 522 g/mol. The molecule has 0 saturated heterocycles. The van der Waals surface area contributed by atoms with E-state index in [0.717, 1.165) is 43.7 Å². The molecule has 0 bridgehead atoms. The average Bonchev–Trinajstić information content (AvgIpc) is 3.71. The second-order valence-corrected chi connectivity index (χ2v) is 11.0. The van der Waals surface area contributed by atoms with Crippen molar-refractivity contribution in [3.8, 4) is 43.7 Å². The molecule has 0 N–H and O–H groups in total. The summed E-state index contributed by atoms with van der Waals surface area (Å²) in [5.41, 5.74) is 9.77. The summed E-state index contributed by atoms with van der Waals surface area (Å²) in [6, 6.07) is 30.3. The van der Waals surface area contributed by atoms with E-state index in [0.29, 0.717) is 0 Å². The highest BCUT2D eigenvalue weighted by molar-refractivity contribution is 7.13. The van der Waals surface area contributed by atoms with Gasteiger partial charge >= 0.3 is 0 Å². The molecule has 0 aliphatic carbocycles. The lowest BCUT2D eigenvalue weighted by Crippen LogP contribution is -1.91. The topological polar surface area (TPSA) is 51.6 Å². The maximum Gasteiger partial charge on any atom is 0.0825 e. The molecule has 6 heteroatoms. The predicted octanol–water partition coefficient (Wildman–Crippen LogP) is 8.95. The van der Waals surface area contributed by atoms with Crippen molar-refractivity contribution in [2.75, 3.05) is 0 Å². The quantitative estimate of drug-likeness (QED) is 0.217. The minimum atomic E-state index is 0.954. The van der Waals surface area contributed by atoms with E-state index >= 15 is 0 Å². The summed E-state index contributed by atoms with van der Waals surface area (Å²) in [4.78, 5) is 20.5. The molecular weight excluding hydrogens is 505 g/mol. The zero-order valence-electron chi connectivity index (χ0n) is 20.0. The standard InChI is InChI=1S/C32H18N4S2/c1-3-25(35-27(5-1)29-15-33-17-37-29)23-11-19-7-9-21-13-24(14-22-10-8-20(12-23)31(19)32(21)22)26-4-2-6-28(36-26)30-16-34-18-38-30/h1-18H. The zero-order valence-corrected chi connectivity index (χ0v) is 21.6. The van der Waals surface area contributed by atoms with Gasteiger partial charge in [0, 0.05) is 23.5 Å². The van der Waals surface area contributed by atoms with Crippen LogP contribution in [-0.4, -0.2) is 19.9 Å². The van der Waals surface area contributed by atoms with E-state index in [4.69, 9.17) is 9.97 Å². The fraction of sp³-hybridized carbons (Fsp3) is 0. The van der Waals surface area contributed by atoms with Gasteiger partial charge in [-0.1, -0.05) is 36.4 Å². The first-order valence-electron chi connectivity index (χ1n) is 12.3. The minimum absolute atomic E-state index is 0.954. The molecule has 4 aromatic carbocycles. The van der Waals surface area contributed by atoms with Crippen LogP contribution in [-0.2, 0) is 0 Å². The Labute approximate surface area is 226 Å². The van der Waals surface area contributed by atoms with Crippen molar-refractivity contribution >= 4 is 55.0 Å². The summed E-state index contributed by atoms with van der Waals surface area (Å²) >= 11 is 3.21. The summed E-state index contributed by atoms with van der Waals surface area (Å²) in [6.45, 7) is 0. The van der Waals surface area contributed by atoms with Crippen LogP contribution in [0.25, 0.3) is 76.0 Å². The summed E-state index contributed by atoms with van der Waals surface area (Å²) in [7, 11) is 0. The Morgan fingerprint density at radius 3 is 1.21 bits per heavy atom. The van der Waals surface area contributed by atoms with E-state index in [1.165, 1.54) is 32.3 Å². The Kier molecular flexibility index (Phi) is 4.83. The molecule has 178 valence electrons. The number of rotatable bonds is 4. The minimum Gasteiger partial charge on any atom is -0.252 e. The molecule has 8 aromatic rings. The van der Waals surface area contributed by atoms with E-state index in [2.05, 4.69) is 82.8 Å². The molecule has 4 aromatic heterocycles. The van der Waals surface area contributed by atoms with Crippen LogP contribution < -0.4 is 0 Å². The molecule has 0 saturated carbocycles. The average molecular weight is 523 g/mol. The van der Waals surface area contributed by atoms with Gasteiger partial charge in [-0.05, 0) is 80.8 Å². The van der Waals surface area contributed by atoms with Gasteiger partial charge in [0.05, 0.1) is 43.6 Å². The molecule has 0 unspecified atom stereocenters. The highest BCUT2D eigenvalue weighted by Crippen LogP contribution is 2.39. The molecule has 0 atom stereocenters. The number of hydrogen-bond acceptors (Lipinski definition) is 6. The van der Waals surface area contributed by atoms with Gasteiger partial charge in [-0.3, -0.25) is 9.97 Å². The van der Waals surface area contributed by atoms with Crippen LogP contribution in [0.15, 0.2) is 108 Å².